The van der Waals surface area contributed by atoms with E-state index in [2.05, 4.69) is 179 Å². The summed E-state index contributed by atoms with van der Waals surface area (Å²) in [7, 11) is 0. The summed E-state index contributed by atoms with van der Waals surface area (Å²) in [5, 5.41) is 8.14. The Hall–Kier alpha value is -8.25. The van der Waals surface area contributed by atoms with Gasteiger partial charge in [0.25, 0.3) is 0 Å². The fourth-order valence-electron chi connectivity index (χ4n) is 10.3. The van der Waals surface area contributed by atoms with Gasteiger partial charge in [-0.15, -0.1) is 11.3 Å². The van der Waals surface area contributed by atoms with Crippen LogP contribution in [0.15, 0.2) is 218 Å². The Balaban J connectivity index is 1.19. The molecule has 0 amide bonds. The van der Waals surface area contributed by atoms with Crippen LogP contribution in [0.2, 0.25) is 0 Å². The molecule has 298 valence electrons. The summed E-state index contributed by atoms with van der Waals surface area (Å²) in [6.07, 6.45) is 0. The normalized spacial score (nSPS) is 12.9. The lowest BCUT2D eigenvalue weighted by Gasteiger charge is -2.21. The van der Waals surface area contributed by atoms with Crippen LogP contribution < -0.4 is 0 Å². The molecule has 0 aliphatic rings. The summed E-state index contributed by atoms with van der Waals surface area (Å²) in [5.41, 5.74) is 10.3. The van der Waals surface area contributed by atoms with Crippen molar-refractivity contribution in [3.63, 3.8) is 0 Å². The molecule has 0 N–H and O–H groups in total. The maximum absolute atomic E-state index is 9.48. The first-order valence-corrected chi connectivity index (χ1v) is 22.3. The molecule has 0 atom stereocenters. The summed E-state index contributed by atoms with van der Waals surface area (Å²) < 4.78 is 45.4. The van der Waals surface area contributed by atoms with E-state index in [1.807, 2.05) is 40.2 Å². The van der Waals surface area contributed by atoms with Crippen molar-refractivity contribution < 1.29 is 5.48 Å². The van der Waals surface area contributed by atoms with E-state index in [0.717, 1.165) is 82.5 Å². The summed E-state index contributed by atoms with van der Waals surface area (Å²) >= 11 is 1.81. The second-order valence-electron chi connectivity index (χ2n) is 16.4. The van der Waals surface area contributed by atoms with Gasteiger partial charge < -0.3 is 4.57 Å². The topological polar surface area (TPSA) is 27.7 Å². The van der Waals surface area contributed by atoms with E-state index in [1.165, 1.54) is 20.2 Å². The number of benzene rings is 9. The molecule has 0 fully saturated rings. The van der Waals surface area contributed by atoms with E-state index in [9.17, 15) is 2.74 Å². The van der Waals surface area contributed by atoms with Crippen LogP contribution in [0.3, 0.4) is 0 Å². The first-order chi connectivity index (χ1) is 33.4. The maximum atomic E-state index is 9.48. The standard InChI is InChI=1S/C59H36N4S/c1-8-27-48-38(17-1)39-18-2-9-28-49(39)61(48)54-33-16-24-45(47-26-15-25-46-44-23-7-14-34-55(44)64-59(46)47)58(54)37-35-56(62-50-29-10-3-19-40(50)41-20-4-11-30-51(41)62)60-57(36-37)63-52-31-12-5-21-42(52)43-22-6-13-32-53(43)63/h1-36H/i3D,10D,19D,29D. The highest BCUT2D eigenvalue weighted by Crippen LogP contribution is 2.47. The molecular weight excluding hydrogens is 797 g/mol. The summed E-state index contributed by atoms with van der Waals surface area (Å²) in [6.45, 7) is 0. The zero-order valence-corrected chi connectivity index (χ0v) is 35.0. The van der Waals surface area contributed by atoms with E-state index in [-0.39, 0.29) is 24.2 Å². The van der Waals surface area contributed by atoms with Gasteiger partial charge in [-0.05, 0) is 71.8 Å². The van der Waals surface area contributed by atoms with Gasteiger partial charge in [-0.1, -0.05) is 158 Å². The van der Waals surface area contributed by atoms with Crippen LogP contribution in [0.4, 0.5) is 0 Å². The van der Waals surface area contributed by atoms with Crippen LogP contribution in [-0.4, -0.2) is 18.7 Å². The van der Waals surface area contributed by atoms with E-state index >= 15 is 0 Å². The van der Waals surface area contributed by atoms with Crippen molar-refractivity contribution in [1.29, 1.82) is 0 Å². The predicted octanol–water partition coefficient (Wildman–Crippen LogP) is 16.1. The summed E-state index contributed by atoms with van der Waals surface area (Å²) in [6, 6.07) is 67.3. The number of nitrogens with zero attached hydrogens (tertiary/aromatic N) is 4. The van der Waals surface area contributed by atoms with Crippen LogP contribution in [0.25, 0.3) is 125 Å². The lowest BCUT2D eigenvalue weighted by atomic mass is 9.92. The summed E-state index contributed by atoms with van der Waals surface area (Å²) in [5.74, 6) is 1.20. The Labute approximate surface area is 377 Å². The minimum absolute atomic E-state index is 0.0786. The highest BCUT2D eigenvalue weighted by atomic mass is 32.1. The first-order valence-electron chi connectivity index (χ1n) is 23.5. The molecule has 4 nitrogen and oxygen atoms in total. The molecule has 0 saturated heterocycles. The molecule has 0 saturated carbocycles. The SMILES string of the molecule is [2H]c1c([2H])c([2H])c2c(c1[2H])c1ccccc1n2-c1cc(-c2c(-c3cccc4c3sc3ccccc34)cccc2-n2c3ccccc3c3ccccc32)cc(-n2c3ccccc3c3ccccc32)n1. The average molecular weight is 837 g/mol. The number of para-hydroxylation sites is 6. The van der Waals surface area contributed by atoms with Crippen LogP contribution in [0.5, 0.6) is 0 Å². The molecular formula is C59H36N4S. The molecule has 0 aliphatic carbocycles. The number of pyridine rings is 1. The molecule has 5 heterocycles. The Bertz CT molecular complexity index is 4350. The van der Waals surface area contributed by atoms with E-state index in [1.54, 1.807) is 0 Å². The van der Waals surface area contributed by atoms with Crippen molar-refractivity contribution in [1.82, 2.24) is 18.7 Å². The number of hydrogen-bond acceptors (Lipinski definition) is 2. The Morgan fingerprint density at radius 2 is 0.828 bits per heavy atom. The molecule has 0 aliphatic heterocycles. The summed E-state index contributed by atoms with van der Waals surface area (Å²) in [4.78, 5) is 5.61. The highest BCUT2D eigenvalue weighted by Gasteiger charge is 2.24. The van der Waals surface area contributed by atoms with Gasteiger partial charge in [-0.25, -0.2) is 4.98 Å². The van der Waals surface area contributed by atoms with Gasteiger partial charge >= 0.3 is 0 Å². The molecule has 0 radical (unpaired) electrons. The van der Waals surface area contributed by atoms with Gasteiger partial charge in [-0.3, -0.25) is 9.13 Å². The monoisotopic (exact) mass is 836 g/mol. The Morgan fingerprint density at radius 1 is 0.375 bits per heavy atom. The van der Waals surface area contributed by atoms with Crippen molar-refractivity contribution in [2.75, 3.05) is 0 Å². The van der Waals surface area contributed by atoms with Crippen molar-refractivity contribution in [2.45, 2.75) is 0 Å². The van der Waals surface area contributed by atoms with Crippen molar-refractivity contribution in [3.8, 4) is 39.6 Å². The molecule has 0 spiro atoms. The highest BCUT2D eigenvalue weighted by molar-refractivity contribution is 7.26. The fourth-order valence-corrected chi connectivity index (χ4v) is 11.6. The van der Waals surface area contributed by atoms with Crippen LogP contribution in [0, 0.1) is 0 Å². The van der Waals surface area contributed by atoms with E-state index in [0.29, 0.717) is 22.5 Å². The number of hydrogen-bond donors (Lipinski definition) is 0. The molecule has 0 bridgehead atoms. The third kappa shape index (κ3) is 5.01. The first kappa shape index (κ1) is 31.6. The lowest BCUT2D eigenvalue weighted by molar-refractivity contribution is 1.01. The van der Waals surface area contributed by atoms with E-state index < -0.39 is 0 Å². The molecule has 5 heteroatoms. The minimum atomic E-state index is -0.291. The predicted molar refractivity (Wildman–Crippen MR) is 271 cm³/mol. The van der Waals surface area contributed by atoms with Gasteiger partial charge in [-0.2, -0.15) is 0 Å². The molecule has 0 unspecified atom stereocenters. The van der Waals surface area contributed by atoms with Crippen molar-refractivity contribution >= 4 is 96.9 Å². The lowest BCUT2D eigenvalue weighted by Crippen LogP contribution is -2.06. The fraction of sp³-hybridized carbons (Fsp3) is 0. The molecule has 5 aromatic heterocycles. The maximum Gasteiger partial charge on any atom is 0.140 e. The zero-order chi connectivity index (χ0) is 45.4. The molecule has 14 aromatic rings. The average Bonchev–Trinajstić information content (AvgIpc) is 4.14. The molecule has 14 rings (SSSR count). The van der Waals surface area contributed by atoms with Crippen molar-refractivity contribution in [3.05, 3.63) is 218 Å². The van der Waals surface area contributed by atoms with Crippen LogP contribution in [-0.2, 0) is 0 Å². The largest absolute Gasteiger partial charge is 0.309 e. The number of rotatable bonds is 5. The van der Waals surface area contributed by atoms with Gasteiger partial charge in [0.2, 0.25) is 0 Å². The second-order valence-corrected chi connectivity index (χ2v) is 17.4. The third-order valence-electron chi connectivity index (χ3n) is 13.0. The number of fused-ring (bicyclic) bond motifs is 12. The number of aromatic nitrogens is 4. The minimum Gasteiger partial charge on any atom is -0.309 e. The number of thiophene rings is 1. The van der Waals surface area contributed by atoms with Gasteiger partial charge in [0.1, 0.15) is 11.6 Å². The second kappa shape index (κ2) is 13.6. The van der Waals surface area contributed by atoms with Crippen LogP contribution >= 0.6 is 11.3 Å². The Kier molecular flexibility index (Phi) is 6.72. The molecule has 9 aromatic carbocycles. The van der Waals surface area contributed by atoms with Gasteiger partial charge in [0, 0.05) is 63.6 Å². The van der Waals surface area contributed by atoms with E-state index in [4.69, 9.17) is 7.73 Å². The Morgan fingerprint density at radius 3 is 1.44 bits per heavy atom. The van der Waals surface area contributed by atoms with Gasteiger partial charge in [0.05, 0.1) is 44.3 Å². The molecule has 64 heavy (non-hydrogen) atoms. The van der Waals surface area contributed by atoms with Gasteiger partial charge in [0.15, 0.2) is 0 Å². The van der Waals surface area contributed by atoms with Crippen molar-refractivity contribution in [2.24, 2.45) is 0 Å². The third-order valence-corrected chi connectivity index (χ3v) is 14.2. The zero-order valence-electron chi connectivity index (χ0n) is 38.2. The smallest absolute Gasteiger partial charge is 0.140 e. The van der Waals surface area contributed by atoms with Crippen LogP contribution in [0.1, 0.15) is 5.48 Å². The quantitative estimate of drug-likeness (QED) is 0.170.